The van der Waals surface area contributed by atoms with Crippen molar-refractivity contribution in [3.8, 4) is 11.8 Å². The summed E-state index contributed by atoms with van der Waals surface area (Å²) in [6, 6.07) is 0. The summed E-state index contributed by atoms with van der Waals surface area (Å²) in [5, 5.41) is 9.82. The van der Waals surface area contributed by atoms with Gasteiger partial charge in [-0.25, -0.2) is 4.98 Å². The zero-order valence-corrected chi connectivity index (χ0v) is 9.64. The van der Waals surface area contributed by atoms with Crippen molar-refractivity contribution in [2.24, 2.45) is 0 Å². The number of methoxy groups -OCH3 is 3. The SMILES string of the molecule is COCCC(O)c1ncc(OC)nc1OC. The highest BCUT2D eigenvalue weighted by Gasteiger charge is 2.17. The number of hydrogen-bond acceptors (Lipinski definition) is 6. The van der Waals surface area contributed by atoms with Gasteiger partial charge >= 0.3 is 0 Å². The Morgan fingerprint density at radius 2 is 2.06 bits per heavy atom. The summed E-state index contributed by atoms with van der Waals surface area (Å²) in [5.41, 5.74) is 0.389. The van der Waals surface area contributed by atoms with E-state index < -0.39 is 6.10 Å². The third-order valence-corrected chi connectivity index (χ3v) is 2.06. The molecule has 1 rings (SSSR count). The van der Waals surface area contributed by atoms with Gasteiger partial charge in [0.05, 0.1) is 20.4 Å². The van der Waals surface area contributed by atoms with Gasteiger partial charge in [0.25, 0.3) is 0 Å². The summed E-state index contributed by atoms with van der Waals surface area (Å²) in [5.74, 6) is 0.613. The van der Waals surface area contributed by atoms with Crippen LogP contribution in [0, 0.1) is 0 Å². The molecule has 0 aliphatic heterocycles. The topological polar surface area (TPSA) is 73.7 Å². The molecule has 0 spiro atoms. The van der Waals surface area contributed by atoms with E-state index in [1.54, 1.807) is 7.11 Å². The van der Waals surface area contributed by atoms with Gasteiger partial charge in [-0.2, -0.15) is 4.98 Å². The molecule has 1 N–H and O–H groups in total. The van der Waals surface area contributed by atoms with Crippen LogP contribution < -0.4 is 9.47 Å². The van der Waals surface area contributed by atoms with E-state index >= 15 is 0 Å². The fraction of sp³-hybridized carbons (Fsp3) is 0.600. The number of aromatic nitrogens is 2. The van der Waals surface area contributed by atoms with E-state index in [0.29, 0.717) is 24.6 Å². The molecular formula is C10H16N2O4. The van der Waals surface area contributed by atoms with Gasteiger partial charge in [0.1, 0.15) is 11.8 Å². The van der Waals surface area contributed by atoms with Gasteiger partial charge in [0.2, 0.25) is 11.8 Å². The molecule has 1 aromatic rings. The van der Waals surface area contributed by atoms with Crippen LogP contribution in [0.15, 0.2) is 6.20 Å². The fourth-order valence-corrected chi connectivity index (χ4v) is 1.21. The summed E-state index contributed by atoms with van der Waals surface area (Å²) in [7, 11) is 4.53. The number of rotatable bonds is 6. The number of ether oxygens (including phenoxy) is 3. The van der Waals surface area contributed by atoms with Crippen LogP contribution in [0.2, 0.25) is 0 Å². The molecule has 6 heteroatoms. The van der Waals surface area contributed by atoms with Crippen molar-refractivity contribution < 1.29 is 19.3 Å². The number of aliphatic hydroxyl groups is 1. The van der Waals surface area contributed by atoms with Crippen LogP contribution in [0.4, 0.5) is 0 Å². The van der Waals surface area contributed by atoms with Crippen molar-refractivity contribution in [3.63, 3.8) is 0 Å². The van der Waals surface area contributed by atoms with Gasteiger partial charge in [0.15, 0.2) is 0 Å². The molecule has 0 amide bonds. The third kappa shape index (κ3) is 3.04. The Labute approximate surface area is 94.2 Å². The maximum Gasteiger partial charge on any atom is 0.241 e. The molecule has 0 aromatic carbocycles. The molecule has 90 valence electrons. The fourth-order valence-electron chi connectivity index (χ4n) is 1.21. The van der Waals surface area contributed by atoms with Crippen LogP contribution >= 0.6 is 0 Å². The van der Waals surface area contributed by atoms with Crippen molar-refractivity contribution in [2.75, 3.05) is 27.9 Å². The Kier molecular flexibility index (Phi) is 4.94. The molecule has 16 heavy (non-hydrogen) atoms. The van der Waals surface area contributed by atoms with Crippen LogP contribution in [0.1, 0.15) is 18.2 Å². The first kappa shape index (κ1) is 12.7. The van der Waals surface area contributed by atoms with Crippen molar-refractivity contribution in [1.82, 2.24) is 9.97 Å². The molecule has 0 saturated carbocycles. The quantitative estimate of drug-likeness (QED) is 0.767. The predicted molar refractivity (Wildman–Crippen MR) is 56.6 cm³/mol. The first-order valence-electron chi connectivity index (χ1n) is 4.84. The van der Waals surface area contributed by atoms with Crippen molar-refractivity contribution in [2.45, 2.75) is 12.5 Å². The highest BCUT2D eigenvalue weighted by Crippen LogP contribution is 2.24. The summed E-state index contributed by atoms with van der Waals surface area (Å²) in [4.78, 5) is 8.09. The van der Waals surface area contributed by atoms with E-state index in [0.717, 1.165) is 0 Å². The summed E-state index contributed by atoms with van der Waals surface area (Å²) in [6.45, 7) is 0.442. The highest BCUT2D eigenvalue weighted by atomic mass is 16.5. The lowest BCUT2D eigenvalue weighted by Gasteiger charge is -2.12. The zero-order valence-electron chi connectivity index (χ0n) is 9.64. The molecule has 0 bridgehead atoms. The van der Waals surface area contributed by atoms with E-state index in [4.69, 9.17) is 14.2 Å². The lowest BCUT2D eigenvalue weighted by atomic mass is 10.2. The highest BCUT2D eigenvalue weighted by molar-refractivity contribution is 5.24. The minimum atomic E-state index is -0.756. The normalized spacial score (nSPS) is 12.2. The Morgan fingerprint density at radius 1 is 1.31 bits per heavy atom. The summed E-state index contributed by atoms with van der Waals surface area (Å²) >= 11 is 0. The van der Waals surface area contributed by atoms with E-state index in [1.165, 1.54) is 20.4 Å². The second-order valence-corrected chi connectivity index (χ2v) is 3.10. The van der Waals surface area contributed by atoms with Gasteiger partial charge in [-0.3, -0.25) is 0 Å². The molecule has 1 aromatic heterocycles. The summed E-state index contributed by atoms with van der Waals surface area (Å²) < 4.78 is 14.8. The number of aliphatic hydroxyl groups excluding tert-OH is 1. The van der Waals surface area contributed by atoms with Crippen LogP contribution in [0.5, 0.6) is 11.8 Å². The van der Waals surface area contributed by atoms with Crippen LogP contribution in [0.25, 0.3) is 0 Å². The maximum atomic E-state index is 9.82. The Hall–Kier alpha value is -1.40. The van der Waals surface area contributed by atoms with Gasteiger partial charge in [-0.1, -0.05) is 0 Å². The average molecular weight is 228 g/mol. The second kappa shape index (κ2) is 6.24. The molecule has 6 nitrogen and oxygen atoms in total. The molecule has 1 unspecified atom stereocenters. The minimum absolute atomic E-state index is 0.267. The second-order valence-electron chi connectivity index (χ2n) is 3.10. The van der Waals surface area contributed by atoms with Gasteiger partial charge < -0.3 is 19.3 Å². The lowest BCUT2D eigenvalue weighted by Crippen LogP contribution is -2.08. The van der Waals surface area contributed by atoms with Crippen LogP contribution in [0.3, 0.4) is 0 Å². The first-order chi connectivity index (χ1) is 7.72. The van der Waals surface area contributed by atoms with Gasteiger partial charge in [-0.05, 0) is 0 Å². The van der Waals surface area contributed by atoms with Crippen LogP contribution in [-0.4, -0.2) is 43.0 Å². The van der Waals surface area contributed by atoms with E-state index in [9.17, 15) is 5.11 Å². The number of hydrogen-bond donors (Lipinski definition) is 1. The van der Waals surface area contributed by atoms with Crippen molar-refractivity contribution in [3.05, 3.63) is 11.9 Å². The largest absolute Gasteiger partial charge is 0.480 e. The minimum Gasteiger partial charge on any atom is -0.480 e. The Bertz CT molecular complexity index is 333. The smallest absolute Gasteiger partial charge is 0.241 e. The molecule has 0 aliphatic carbocycles. The monoisotopic (exact) mass is 228 g/mol. The Morgan fingerprint density at radius 3 is 2.62 bits per heavy atom. The van der Waals surface area contributed by atoms with Gasteiger partial charge in [-0.15, -0.1) is 0 Å². The molecule has 0 fully saturated rings. The third-order valence-electron chi connectivity index (χ3n) is 2.06. The van der Waals surface area contributed by atoms with E-state index in [2.05, 4.69) is 9.97 Å². The predicted octanol–water partition coefficient (Wildman–Crippen LogP) is 0.564. The van der Waals surface area contributed by atoms with E-state index in [-0.39, 0.29) is 5.88 Å². The van der Waals surface area contributed by atoms with Gasteiger partial charge in [0, 0.05) is 20.1 Å². The standard InChI is InChI=1S/C10H16N2O4/c1-14-5-4-7(13)9-10(16-3)12-8(15-2)6-11-9/h6-7,13H,4-5H2,1-3H3. The molecular weight excluding hydrogens is 212 g/mol. The zero-order chi connectivity index (χ0) is 12.0. The average Bonchev–Trinajstić information content (AvgIpc) is 2.34. The van der Waals surface area contributed by atoms with E-state index in [1.807, 2.05) is 0 Å². The van der Waals surface area contributed by atoms with Crippen LogP contribution in [-0.2, 0) is 4.74 Å². The molecule has 0 aliphatic rings. The molecule has 0 saturated heterocycles. The first-order valence-corrected chi connectivity index (χ1v) is 4.84. The molecule has 0 radical (unpaired) electrons. The van der Waals surface area contributed by atoms with Crippen molar-refractivity contribution in [1.29, 1.82) is 0 Å². The van der Waals surface area contributed by atoms with Crippen molar-refractivity contribution >= 4 is 0 Å². The number of nitrogens with zero attached hydrogens (tertiary/aromatic N) is 2. The lowest BCUT2D eigenvalue weighted by molar-refractivity contribution is 0.105. The Balaban J connectivity index is 2.85. The maximum absolute atomic E-state index is 9.82. The summed E-state index contributed by atoms with van der Waals surface area (Å²) in [6.07, 6.45) is 1.12. The molecule has 1 atom stereocenters. The molecule has 1 heterocycles.